The van der Waals surface area contributed by atoms with Gasteiger partial charge in [0, 0.05) is 12.2 Å². The van der Waals surface area contributed by atoms with Gasteiger partial charge in [-0.25, -0.2) is 0 Å². The number of hydrogen-bond acceptors (Lipinski definition) is 1. The van der Waals surface area contributed by atoms with E-state index in [1.807, 2.05) is 37.3 Å². The fraction of sp³-hybridized carbons (Fsp3) is 0.200. The van der Waals surface area contributed by atoms with Crippen LogP contribution in [-0.2, 0) is 0 Å². The highest BCUT2D eigenvalue weighted by molar-refractivity contribution is 7.80. The van der Waals surface area contributed by atoms with E-state index in [2.05, 4.69) is 15.6 Å². The fourth-order valence-corrected chi connectivity index (χ4v) is 1.24. The summed E-state index contributed by atoms with van der Waals surface area (Å²) < 4.78 is 0. The first-order valence-electron chi connectivity index (χ1n) is 4.66. The van der Waals surface area contributed by atoms with Crippen LogP contribution in [0.5, 0.6) is 0 Å². The lowest BCUT2D eigenvalue weighted by Gasteiger charge is -2.05. The van der Waals surface area contributed by atoms with Gasteiger partial charge in [-0.15, -0.1) is 0 Å². The molecule has 0 bridgehead atoms. The van der Waals surface area contributed by atoms with Crippen molar-refractivity contribution >= 4 is 29.0 Å². The molecule has 1 rings (SSSR count). The van der Waals surface area contributed by atoms with Gasteiger partial charge in [0.25, 0.3) is 0 Å². The minimum Gasteiger partial charge on any atom is -0.369 e. The van der Waals surface area contributed by atoms with Crippen LogP contribution in [0, 0.1) is 0 Å². The maximum Gasteiger partial charge on any atom is 0.200 e. The van der Waals surface area contributed by atoms with E-state index in [9.17, 15) is 0 Å². The van der Waals surface area contributed by atoms with Crippen LogP contribution in [-0.4, -0.2) is 17.6 Å². The van der Waals surface area contributed by atoms with E-state index >= 15 is 0 Å². The Morgan fingerprint density at radius 3 is 2.67 bits per heavy atom. The van der Waals surface area contributed by atoms with Crippen LogP contribution in [0.15, 0.2) is 35.3 Å². The molecule has 1 aromatic rings. The van der Waals surface area contributed by atoms with Gasteiger partial charge in [0.15, 0.2) is 5.11 Å². The molecule has 0 saturated carbocycles. The molecule has 5 heteroatoms. The third kappa shape index (κ3) is 4.42. The molecule has 0 unspecified atom stereocenters. The Kier molecular flexibility index (Phi) is 4.56. The summed E-state index contributed by atoms with van der Waals surface area (Å²) in [6.45, 7) is 2.68. The number of nitrogens with two attached hydrogens (primary N) is 1. The van der Waals surface area contributed by atoms with Crippen LogP contribution in [0.3, 0.4) is 0 Å². The summed E-state index contributed by atoms with van der Waals surface area (Å²) in [5.41, 5.74) is 6.54. The van der Waals surface area contributed by atoms with E-state index in [-0.39, 0.29) is 5.96 Å². The number of nitrogens with one attached hydrogen (secondary N) is 2. The molecule has 0 saturated heterocycles. The number of hydrogen-bond donors (Lipinski definition) is 3. The van der Waals surface area contributed by atoms with Crippen molar-refractivity contribution in [2.24, 2.45) is 10.7 Å². The third-order valence-electron chi connectivity index (χ3n) is 1.60. The third-order valence-corrected chi connectivity index (χ3v) is 1.83. The molecular formula is C10H14N4S. The SMILES string of the molecule is CCNC(=S)/N=C(\N)Nc1ccccc1. The fourth-order valence-electron chi connectivity index (χ4n) is 0.997. The maximum atomic E-state index is 5.65. The average Bonchev–Trinajstić information content (AvgIpc) is 2.19. The van der Waals surface area contributed by atoms with E-state index in [1.54, 1.807) is 0 Å². The van der Waals surface area contributed by atoms with Crippen molar-refractivity contribution in [1.29, 1.82) is 0 Å². The molecule has 0 atom stereocenters. The lowest BCUT2D eigenvalue weighted by Crippen LogP contribution is -2.27. The smallest absolute Gasteiger partial charge is 0.200 e. The van der Waals surface area contributed by atoms with Gasteiger partial charge in [-0.1, -0.05) is 18.2 Å². The van der Waals surface area contributed by atoms with Crippen LogP contribution in [0.2, 0.25) is 0 Å². The largest absolute Gasteiger partial charge is 0.369 e. The number of anilines is 1. The summed E-state index contributed by atoms with van der Waals surface area (Å²) in [5.74, 6) is 0.284. The van der Waals surface area contributed by atoms with Gasteiger partial charge in [-0.05, 0) is 31.3 Å². The molecule has 0 aliphatic heterocycles. The van der Waals surface area contributed by atoms with Crippen molar-refractivity contribution in [3.05, 3.63) is 30.3 Å². The molecule has 0 spiro atoms. The highest BCUT2D eigenvalue weighted by atomic mass is 32.1. The van der Waals surface area contributed by atoms with E-state index in [4.69, 9.17) is 18.0 Å². The second-order valence-corrected chi connectivity index (χ2v) is 3.21. The molecule has 0 fully saturated rings. The van der Waals surface area contributed by atoms with Crippen molar-refractivity contribution in [3.63, 3.8) is 0 Å². The van der Waals surface area contributed by atoms with E-state index < -0.39 is 0 Å². The van der Waals surface area contributed by atoms with Crippen molar-refractivity contribution in [1.82, 2.24) is 5.32 Å². The zero-order valence-electron chi connectivity index (χ0n) is 8.53. The maximum absolute atomic E-state index is 5.65. The topological polar surface area (TPSA) is 62.4 Å². The van der Waals surface area contributed by atoms with Crippen LogP contribution in [0.1, 0.15) is 6.92 Å². The second-order valence-electron chi connectivity index (χ2n) is 2.82. The molecule has 15 heavy (non-hydrogen) atoms. The van der Waals surface area contributed by atoms with Crippen LogP contribution in [0.25, 0.3) is 0 Å². The molecule has 4 N–H and O–H groups in total. The van der Waals surface area contributed by atoms with Crippen molar-refractivity contribution < 1.29 is 0 Å². The highest BCUT2D eigenvalue weighted by Crippen LogP contribution is 2.03. The number of guanidine groups is 1. The van der Waals surface area contributed by atoms with Crippen LogP contribution >= 0.6 is 12.2 Å². The monoisotopic (exact) mass is 222 g/mol. The van der Waals surface area contributed by atoms with Crippen LogP contribution < -0.4 is 16.4 Å². The van der Waals surface area contributed by atoms with Crippen molar-refractivity contribution in [2.45, 2.75) is 6.92 Å². The Bertz CT molecular complexity index is 348. The summed E-state index contributed by atoms with van der Waals surface area (Å²) in [6.07, 6.45) is 0. The van der Waals surface area contributed by atoms with E-state index in [1.165, 1.54) is 0 Å². The molecule has 0 aliphatic rings. The Hall–Kier alpha value is -1.62. The Labute approximate surface area is 94.6 Å². The molecule has 0 aliphatic carbocycles. The summed E-state index contributed by atoms with van der Waals surface area (Å²) in [6, 6.07) is 9.57. The quantitative estimate of drug-likeness (QED) is 0.401. The zero-order valence-corrected chi connectivity index (χ0v) is 9.34. The summed E-state index contributed by atoms with van der Waals surface area (Å²) in [4.78, 5) is 3.97. The normalized spacial score (nSPS) is 10.9. The van der Waals surface area contributed by atoms with Gasteiger partial charge < -0.3 is 16.4 Å². The molecule has 0 radical (unpaired) electrons. The summed E-state index contributed by atoms with van der Waals surface area (Å²) in [7, 11) is 0. The Balaban J connectivity index is 2.55. The first-order valence-corrected chi connectivity index (χ1v) is 5.07. The number of para-hydroxylation sites is 1. The van der Waals surface area contributed by atoms with Crippen molar-refractivity contribution in [3.8, 4) is 0 Å². The minimum atomic E-state index is 0.284. The zero-order chi connectivity index (χ0) is 11.1. The molecule has 0 heterocycles. The molecular weight excluding hydrogens is 208 g/mol. The highest BCUT2D eigenvalue weighted by Gasteiger charge is 1.95. The van der Waals surface area contributed by atoms with Gasteiger partial charge in [0.1, 0.15) is 0 Å². The number of nitrogens with zero attached hydrogens (tertiary/aromatic N) is 1. The molecule has 1 aromatic carbocycles. The van der Waals surface area contributed by atoms with Gasteiger partial charge in [0.05, 0.1) is 0 Å². The minimum absolute atomic E-state index is 0.284. The molecule has 4 nitrogen and oxygen atoms in total. The van der Waals surface area contributed by atoms with Crippen molar-refractivity contribution in [2.75, 3.05) is 11.9 Å². The number of aliphatic imine (C=N–C) groups is 1. The van der Waals surface area contributed by atoms with Gasteiger partial charge in [-0.3, -0.25) is 0 Å². The van der Waals surface area contributed by atoms with Gasteiger partial charge in [0.2, 0.25) is 5.96 Å². The first-order chi connectivity index (χ1) is 7.22. The first kappa shape index (κ1) is 11.5. The molecule has 80 valence electrons. The molecule has 0 amide bonds. The van der Waals surface area contributed by atoms with Gasteiger partial charge >= 0.3 is 0 Å². The predicted molar refractivity (Wildman–Crippen MR) is 68.0 cm³/mol. The summed E-state index contributed by atoms with van der Waals surface area (Å²) in [5, 5.41) is 6.21. The number of rotatable bonds is 2. The molecule has 0 aromatic heterocycles. The average molecular weight is 222 g/mol. The van der Waals surface area contributed by atoms with E-state index in [0.717, 1.165) is 12.2 Å². The predicted octanol–water partition coefficient (Wildman–Crippen LogP) is 1.31. The lowest BCUT2D eigenvalue weighted by molar-refractivity contribution is 0.972. The Morgan fingerprint density at radius 1 is 1.40 bits per heavy atom. The lowest BCUT2D eigenvalue weighted by atomic mass is 10.3. The Morgan fingerprint density at radius 2 is 2.07 bits per heavy atom. The second kappa shape index (κ2) is 5.98. The van der Waals surface area contributed by atoms with Gasteiger partial charge in [-0.2, -0.15) is 4.99 Å². The standard InChI is InChI=1S/C10H14N4S/c1-2-12-10(15)14-9(11)13-8-6-4-3-5-7-8/h3-7H,2H2,1H3,(H4,11,12,13,14,15). The van der Waals surface area contributed by atoms with Crippen LogP contribution in [0.4, 0.5) is 5.69 Å². The number of benzene rings is 1. The summed E-state index contributed by atoms with van der Waals surface area (Å²) >= 11 is 4.93. The van der Waals surface area contributed by atoms with E-state index in [0.29, 0.717) is 5.11 Å². The number of thiocarbonyl (C=S) groups is 1.